The van der Waals surface area contributed by atoms with Crippen LogP contribution in [-0.4, -0.2) is 43.0 Å². The van der Waals surface area contributed by atoms with Gasteiger partial charge in [-0.3, -0.25) is 4.79 Å². The Kier molecular flexibility index (Phi) is 8.18. The van der Waals surface area contributed by atoms with E-state index in [1.54, 1.807) is 0 Å². The Morgan fingerprint density at radius 3 is 2.27 bits per heavy atom. The Labute approximate surface area is 189 Å². The first-order chi connectivity index (χ1) is 13.6. The fraction of sp³-hybridized carbons (Fsp3) is 0.167. The molecule has 0 fully saturated rings. The standard InChI is InChI=1S/C24H23N3O.2ClH/c1-27(2)16-15-25-24(28)20-13-8-12-19-22(17-9-4-3-5-10-17)18-11-6-7-14-21(18)26-23(19)20;;/h3-14H,15-16H2,1-2H3,(H,25,28);2*1H. The highest BCUT2D eigenvalue weighted by Gasteiger charge is 2.16. The molecule has 0 atom stereocenters. The van der Waals surface area contributed by atoms with Gasteiger partial charge in [-0.05, 0) is 31.8 Å². The Morgan fingerprint density at radius 2 is 1.53 bits per heavy atom. The minimum atomic E-state index is -0.0887. The number of hydrogen-bond donors (Lipinski definition) is 1. The van der Waals surface area contributed by atoms with Crippen LogP contribution >= 0.6 is 24.8 Å². The molecule has 0 spiro atoms. The zero-order chi connectivity index (χ0) is 19.5. The van der Waals surface area contributed by atoms with Gasteiger partial charge in [0.2, 0.25) is 0 Å². The minimum Gasteiger partial charge on any atom is -0.351 e. The number of hydrogen-bond acceptors (Lipinski definition) is 3. The predicted octanol–water partition coefficient (Wildman–Crippen LogP) is 5.19. The van der Waals surface area contributed by atoms with Crippen molar-refractivity contribution in [2.45, 2.75) is 0 Å². The van der Waals surface area contributed by atoms with Crippen LogP contribution < -0.4 is 5.32 Å². The average molecular weight is 442 g/mol. The largest absolute Gasteiger partial charge is 0.351 e. The summed E-state index contributed by atoms with van der Waals surface area (Å²) in [5.41, 5.74) is 4.48. The number of fused-ring (bicyclic) bond motifs is 2. The number of carbonyl (C=O) groups excluding carboxylic acids is 1. The van der Waals surface area contributed by atoms with Gasteiger partial charge in [-0.2, -0.15) is 0 Å². The van der Waals surface area contributed by atoms with Crippen molar-refractivity contribution < 1.29 is 4.79 Å². The third kappa shape index (κ3) is 4.73. The zero-order valence-corrected chi connectivity index (χ0v) is 18.6. The Balaban J connectivity index is 0.00000160. The molecule has 0 radical (unpaired) electrons. The molecule has 0 aliphatic carbocycles. The van der Waals surface area contributed by atoms with Crippen molar-refractivity contribution in [2.75, 3.05) is 27.2 Å². The van der Waals surface area contributed by atoms with E-state index in [1.165, 1.54) is 0 Å². The van der Waals surface area contributed by atoms with Crippen LogP contribution in [-0.2, 0) is 0 Å². The van der Waals surface area contributed by atoms with E-state index in [0.29, 0.717) is 12.1 Å². The van der Waals surface area contributed by atoms with Crippen LogP contribution in [0.15, 0.2) is 72.8 Å². The number of likely N-dealkylation sites (N-methyl/N-ethyl adjacent to an activating group) is 1. The highest BCUT2D eigenvalue weighted by atomic mass is 35.5. The lowest BCUT2D eigenvalue weighted by molar-refractivity contribution is 0.0952. The molecule has 0 bridgehead atoms. The number of pyridine rings is 1. The van der Waals surface area contributed by atoms with Gasteiger partial charge >= 0.3 is 0 Å². The van der Waals surface area contributed by atoms with E-state index >= 15 is 0 Å². The van der Waals surface area contributed by atoms with Crippen LogP contribution in [0.1, 0.15) is 10.4 Å². The molecule has 0 saturated carbocycles. The van der Waals surface area contributed by atoms with E-state index < -0.39 is 0 Å². The number of amides is 1. The van der Waals surface area contributed by atoms with Crippen LogP contribution in [0.5, 0.6) is 0 Å². The first-order valence-corrected chi connectivity index (χ1v) is 9.45. The molecule has 1 aromatic heterocycles. The number of aromatic nitrogens is 1. The Bertz CT molecular complexity index is 1150. The van der Waals surface area contributed by atoms with Gasteiger partial charge in [-0.25, -0.2) is 4.98 Å². The number of benzene rings is 3. The van der Waals surface area contributed by atoms with Crippen molar-refractivity contribution in [3.8, 4) is 11.1 Å². The van der Waals surface area contributed by atoms with Gasteiger partial charge in [0, 0.05) is 29.4 Å². The van der Waals surface area contributed by atoms with E-state index in [-0.39, 0.29) is 30.7 Å². The summed E-state index contributed by atoms with van der Waals surface area (Å²) >= 11 is 0. The molecule has 1 N–H and O–H groups in total. The molecule has 0 saturated heterocycles. The molecule has 0 unspecified atom stereocenters. The predicted molar refractivity (Wildman–Crippen MR) is 130 cm³/mol. The van der Waals surface area contributed by atoms with E-state index in [9.17, 15) is 4.79 Å². The molecule has 30 heavy (non-hydrogen) atoms. The Hall–Kier alpha value is -2.66. The highest BCUT2D eigenvalue weighted by Crippen LogP contribution is 2.35. The van der Waals surface area contributed by atoms with Gasteiger partial charge < -0.3 is 10.2 Å². The summed E-state index contributed by atoms with van der Waals surface area (Å²) in [6, 6.07) is 24.2. The van der Waals surface area contributed by atoms with Crippen molar-refractivity contribution in [2.24, 2.45) is 0 Å². The van der Waals surface area contributed by atoms with E-state index in [1.807, 2.05) is 73.6 Å². The average Bonchev–Trinajstić information content (AvgIpc) is 2.71. The topological polar surface area (TPSA) is 45.2 Å². The SMILES string of the molecule is CN(C)CCNC(=O)c1cccc2c(-c3ccccc3)c3ccccc3nc12.Cl.Cl. The second-order valence-electron chi connectivity index (χ2n) is 7.13. The van der Waals surface area contributed by atoms with E-state index in [0.717, 1.165) is 39.5 Å². The molecule has 6 heteroatoms. The molecule has 0 aliphatic heterocycles. The monoisotopic (exact) mass is 441 g/mol. The number of para-hydroxylation sites is 2. The molecule has 0 aliphatic rings. The highest BCUT2D eigenvalue weighted by molar-refractivity contribution is 6.15. The van der Waals surface area contributed by atoms with Gasteiger partial charge in [0.05, 0.1) is 16.6 Å². The maximum absolute atomic E-state index is 12.9. The van der Waals surface area contributed by atoms with Gasteiger partial charge in [0.1, 0.15) is 0 Å². The zero-order valence-electron chi connectivity index (χ0n) is 17.0. The summed E-state index contributed by atoms with van der Waals surface area (Å²) in [6.45, 7) is 1.39. The third-order valence-electron chi connectivity index (χ3n) is 4.86. The van der Waals surface area contributed by atoms with Gasteiger partial charge in [-0.15, -0.1) is 24.8 Å². The summed E-state index contributed by atoms with van der Waals surface area (Å²) < 4.78 is 0. The van der Waals surface area contributed by atoms with Crippen molar-refractivity contribution in [3.05, 3.63) is 78.4 Å². The summed E-state index contributed by atoms with van der Waals surface area (Å²) in [7, 11) is 3.98. The molecule has 4 aromatic rings. The summed E-state index contributed by atoms with van der Waals surface area (Å²) in [4.78, 5) is 19.8. The maximum Gasteiger partial charge on any atom is 0.253 e. The van der Waals surface area contributed by atoms with Crippen LogP contribution in [0.25, 0.3) is 32.9 Å². The van der Waals surface area contributed by atoms with E-state index in [4.69, 9.17) is 4.98 Å². The Morgan fingerprint density at radius 1 is 0.867 bits per heavy atom. The summed E-state index contributed by atoms with van der Waals surface area (Å²) in [5.74, 6) is -0.0887. The number of halogens is 2. The van der Waals surface area contributed by atoms with Gasteiger partial charge in [-0.1, -0.05) is 60.7 Å². The molecule has 4 nitrogen and oxygen atoms in total. The van der Waals surface area contributed by atoms with Crippen molar-refractivity contribution in [1.82, 2.24) is 15.2 Å². The second kappa shape index (κ2) is 10.4. The first kappa shape index (κ1) is 23.6. The molecule has 3 aromatic carbocycles. The number of nitrogens with one attached hydrogen (secondary N) is 1. The van der Waals surface area contributed by atoms with Crippen LogP contribution in [0.3, 0.4) is 0 Å². The molecular weight excluding hydrogens is 417 g/mol. The molecule has 1 heterocycles. The van der Waals surface area contributed by atoms with Crippen molar-refractivity contribution >= 4 is 52.5 Å². The van der Waals surface area contributed by atoms with E-state index in [2.05, 4.69) is 23.5 Å². The quantitative estimate of drug-likeness (QED) is 0.433. The van der Waals surface area contributed by atoms with Crippen LogP contribution in [0, 0.1) is 0 Å². The summed E-state index contributed by atoms with van der Waals surface area (Å²) in [6.07, 6.45) is 0. The fourth-order valence-corrected chi connectivity index (χ4v) is 3.50. The normalized spacial score (nSPS) is 10.5. The van der Waals surface area contributed by atoms with Crippen molar-refractivity contribution in [1.29, 1.82) is 0 Å². The van der Waals surface area contributed by atoms with Crippen molar-refractivity contribution in [3.63, 3.8) is 0 Å². The second-order valence-corrected chi connectivity index (χ2v) is 7.13. The number of rotatable bonds is 5. The molecule has 156 valence electrons. The lowest BCUT2D eigenvalue weighted by Gasteiger charge is -2.14. The minimum absolute atomic E-state index is 0. The van der Waals surface area contributed by atoms with Crippen LogP contribution in [0.2, 0.25) is 0 Å². The number of nitrogens with zero attached hydrogens (tertiary/aromatic N) is 2. The molecular formula is C24H25Cl2N3O. The third-order valence-corrected chi connectivity index (χ3v) is 4.86. The maximum atomic E-state index is 12.9. The molecule has 4 rings (SSSR count). The summed E-state index contributed by atoms with van der Waals surface area (Å²) in [5, 5.41) is 5.09. The van der Waals surface area contributed by atoms with Gasteiger partial charge in [0.25, 0.3) is 5.91 Å². The lowest BCUT2D eigenvalue weighted by atomic mass is 9.94. The van der Waals surface area contributed by atoms with Crippen LogP contribution in [0.4, 0.5) is 0 Å². The van der Waals surface area contributed by atoms with Gasteiger partial charge in [0.15, 0.2) is 0 Å². The first-order valence-electron chi connectivity index (χ1n) is 9.45. The lowest BCUT2D eigenvalue weighted by Crippen LogP contribution is -2.31. The molecule has 1 amide bonds. The smallest absolute Gasteiger partial charge is 0.253 e. The number of carbonyl (C=O) groups is 1. The fourth-order valence-electron chi connectivity index (χ4n) is 3.50.